The van der Waals surface area contributed by atoms with Crippen molar-refractivity contribution in [2.24, 2.45) is 0 Å². The molecule has 12 aromatic rings. The minimum absolute atomic E-state index is 1.15. The highest BCUT2D eigenvalue weighted by molar-refractivity contribution is 6.69. The number of aromatic nitrogens is 2. The van der Waals surface area contributed by atoms with Crippen molar-refractivity contribution in [1.82, 2.24) is 9.13 Å². The van der Waals surface area contributed by atoms with Crippen LogP contribution in [0.5, 0.6) is 0 Å². The van der Waals surface area contributed by atoms with E-state index in [4.69, 9.17) is 0 Å². The van der Waals surface area contributed by atoms with Crippen LogP contribution in [0, 0.1) is 0 Å². The lowest BCUT2D eigenvalue weighted by Gasteiger charge is -2.19. The maximum Gasteiger partial charge on any atom is 0.141 e. The normalized spacial score (nSPS) is 11.6. The Morgan fingerprint density at radius 3 is 1.29 bits per heavy atom. The summed E-state index contributed by atoms with van der Waals surface area (Å²) in [6.45, 7) is 0. The third-order valence-corrected chi connectivity index (χ3v) is 15.5. The van der Waals surface area contributed by atoms with Gasteiger partial charge in [0.15, 0.2) is 0 Å². The van der Waals surface area contributed by atoms with Gasteiger partial charge in [-0.1, -0.05) is 191 Å². The van der Waals surface area contributed by atoms with E-state index in [1.807, 2.05) is 0 Å². The fraction of sp³-hybridized carbons (Fsp3) is 0. The molecule has 0 amide bonds. The first-order valence-electron chi connectivity index (χ1n) is 24.3. The number of hydrogen-bond acceptors (Lipinski definition) is 0. The van der Waals surface area contributed by atoms with Crippen molar-refractivity contribution in [3.05, 3.63) is 200 Å². The van der Waals surface area contributed by atoms with Crippen LogP contribution < -0.4 is 38.2 Å². The number of hydrogen-bond donors (Lipinski definition) is 0. The second-order valence-corrected chi connectivity index (χ2v) is 19.1. The summed E-state index contributed by atoms with van der Waals surface area (Å²) in [5.74, 6) is 0. The van der Waals surface area contributed by atoms with Gasteiger partial charge in [0.25, 0.3) is 0 Å². The fourth-order valence-electron chi connectivity index (χ4n) is 11.4. The van der Waals surface area contributed by atoms with E-state index in [1.54, 1.807) is 0 Å². The van der Waals surface area contributed by atoms with Crippen LogP contribution in [0.15, 0.2) is 200 Å². The maximum absolute atomic E-state index is 2.57. The largest absolute Gasteiger partial charge is 0.310 e. The van der Waals surface area contributed by atoms with Crippen molar-refractivity contribution < 1.29 is 0 Å². The van der Waals surface area contributed by atoms with E-state index in [1.165, 1.54) is 143 Å². The molecule has 0 aliphatic carbocycles. The lowest BCUT2D eigenvalue weighted by atomic mass is 9.64. The van der Waals surface area contributed by atoms with Crippen molar-refractivity contribution in [2.45, 2.75) is 0 Å². The minimum atomic E-state index is 1.15. The van der Waals surface area contributed by atoms with Crippen molar-refractivity contribution in [2.75, 3.05) is 0 Å². The molecule has 69 heavy (non-hydrogen) atoms. The molecule has 0 unspecified atom stereocenters. The molecule has 0 saturated carbocycles. The summed E-state index contributed by atoms with van der Waals surface area (Å²) in [5.41, 5.74) is 29.0. The van der Waals surface area contributed by atoms with Crippen LogP contribution in [0.25, 0.3) is 111 Å². The molecule has 0 aliphatic heterocycles. The zero-order valence-corrected chi connectivity index (χ0v) is 40.4. The Bertz CT molecular complexity index is 3990. The quantitative estimate of drug-likeness (QED) is 0.215. The van der Waals surface area contributed by atoms with Crippen LogP contribution in [0.3, 0.4) is 0 Å². The summed E-state index contributed by atoms with van der Waals surface area (Å²) >= 11 is 0. The zero-order chi connectivity index (χ0) is 47.1. The summed E-state index contributed by atoms with van der Waals surface area (Å²) in [4.78, 5) is 0. The molecule has 318 valence electrons. The third kappa shape index (κ3) is 6.89. The molecular formula is C60H47B7N2. The molecule has 0 N–H and O–H groups in total. The molecule has 0 saturated heterocycles. The van der Waals surface area contributed by atoms with Crippen LogP contribution in [-0.4, -0.2) is 64.1 Å². The average molecular weight is 872 g/mol. The van der Waals surface area contributed by atoms with Gasteiger partial charge < -0.3 is 9.13 Å². The number of rotatable bonds is 7. The molecule has 0 fully saturated rings. The van der Waals surface area contributed by atoms with Gasteiger partial charge in [-0.05, 0) is 103 Å². The summed E-state index contributed by atoms with van der Waals surface area (Å²) < 4.78 is 5.04. The molecule has 2 aromatic heterocycles. The number of fused-ring (bicyclic) bond motifs is 6. The summed E-state index contributed by atoms with van der Waals surface area (Å²) in [5, 5.41) is 5.20. The highest BCUT2D eigenvalue weighted by Gasteiger charge is 2.25. The minimum Gasteiger partial charge on any atom is -0.310 e. The molecule has 0 atom stereocenters. The average Bonchev–Trinajstić information content (AvgIpc) is 3.94. The second kappa shape index (κ2) is 16.8. The van der Waals surface area contributed by atoms with E-state index in [2.05, 4.69) is 264 Å². The first-order valence-corrected chi connectivity index (χ1v) is 24.3. The monoisotopic (exact) mass is 872 g/mol. The van der Waals surface area contributed by atoms with Crippen molar-refractivity contribution >= 4 is 137 Å². The second-order valence-electron chi connectivity index (χ2n) is 19.1. The zero-order valence-electron chi connectivity index (χ0n) is 40.4. The van der Waals surface area contributed by atoms with Crippen LogP contribution in [0.4, 0.5) is 0 Å². The molecule has 0 aliphatic rings. The predicted molar refractivity (Wildman–Crippen MR) is 320 cm³/mol. The van der Waals surface area contributed by atoms with Gasteiger partial charge in [0, 0.05) is 38.6 Å². The molecule has 2 heterocycles. The molecule has 9 heteroatoms. The van der Waals surface area contributed by atoms with Gasteiger partial charge in [-0.3, -0.25) is 0 Å². The number of nitrogens with zero attached hydrogens (tertiary/aromatic N) is 2. The van der Waals surface area contributed by atoms with Crippen LogP contribution in [0.1, 0.15) is 0 Å². The Labute approximate surface area is 410 Å². The molecule has 0 radical (unpaired) electrons. The molecule has 2 nitrogen and oxygen atoms in total. The Hall–Kier alpha value is -7.75. The highest BCUT2D eigenvalue weighted by Crippen LogP contribution is 2.39. The van der Waals surface area contributed by atoms with E-state index < -0.39 is 0 Å². The highest BCUT2D eigenvalue weighted by atomic mass is 15.0. The summed E-state index contributed by atoms with van der Waals surface area (Å²) in [6.07, 6.45) is 0. The Balaban J connectivity index is 1.05. The maximum atomic E-state index is 2.57. The Morgan fingerprint density at radius 1 is 0.246 bits per heavy atom. The SMILES string of the molecule is Bc1c(B)c(B)c2c(c1B)c1c(B)c(-c3ccc4c(c3)c3ccc(-c5ccccc5)cc3n4-c3cccc(-c4ccccc4)c3)c(B)c(B)c1n2-c1ccc(-c2ccc(-c3ccccc3)cc2)cc1. The lowest BCUT2D eigenvalue weighted by molar-refractivity contribution is 1.18. The Morgan fingerprint density at radius 2 is 0.696 bits per heavy atom. The van der Waals surface area contributed by atoms with E-state index >= 15 is 0 Å². The van der Waals surface area contributed by atoms with Gasteiger partial charge in [-0.2, -0.15) is 0 Å². The molecule has 12 rings (SSSR count). The van der Waals surface area contributed by atoms with Gasteiger partial charge in [0.1, 0.15) is 54.9 Å². The predicted octanol–water partition coefficient (Wildman–Crippen LogP) is 4.02. The number of benzene rings is 10. The van der Waals surface area contributed by atoms with Gasteiger partial charge >= 0.3 is 0 Å². The third-order valence-electron chi connectivity index (χ3n) is 15.5. The molecular weight excluding hydrogens is 824 g/mol. The van der Waals surface area contributed by atoms with Gasteiger partial charge in [-0.15, -0.1) is 5.46 Å². The molecule has 0 spiro atoms. The van der Waals surface area contributed by atoms with Gasteiger partial charge in [-0.25, -0.2) is 0 Å². The van der Waals surface area contributed by atoms with Crippen LogP contribution >= 0.6 is 0 Å². The van der Waals surface area contributed by atoms with Gasteiger partial charge in [0.05, 0.1) is 11.0 Å². The van der Waals surface area contributed by atoms with Crippen LogP contribution in [0.2, 0.25) is 0 Å². The standard InChI is InChI=1S/C60H47B7N2/c61-52-49(42-26-30-47-46(32-42)45-29-25-41(36-15-8-3-9-16-36)33-48(45)68(47)44-18-10-17-40(31-44)35-13-6-2-7-14-35)53(62)57(66)59-50(52)51-54(63)55(64)56(65)58(67)60(51)69(59)43-27-23-39(24-28-43)38-21-19-37(20-22-38)34-11-4-1-5-12-34/h1-33H,61-67H2. The first kappa shape index (κ1) is 42.6. The molecule has 0 bridgehead atoms. The summed E-state index contributed by atoms with van der Waals surface area (Å²) in [6, 6.07) is 73.5. The van der Waals surface area contributed by atoms with E-state index in [-0.39, 0.29) is 0 Å². The molecule has 10 aromatic carbocycles. The van der Waals surface area contributed by atoms with Crippen molar-refractivity contribution in [1.29, 1.82) is 0 Å². The van der Waals surface area contributed by atoms with Crippen LogP contribution in [-0.2, 0) is 0 Å². The van der Waals surface area contributed by atoms with E-state index in [0.717, 1.165) is 5.69 Å². The first-order chi connectivity index (χ1) is 33.7. The lowest BCUT2D eigenvalue weighted by Crippen LogP contribution is -2.48. The summed E-state index contributed by atoms with van der Waals surface area (Å²) in [7, 11) is 16.3. The van der Waals surface area contributed by atoms with Crippen molar-refractivity contribution in [3.63, 3.8) is 0 Å². The van der Waals surface area contributed by atoms with E-state index in [0.29, 0.717) is 0 Å². The Kier molecular flexibility index (Phi) is 10.4. The smallest absolute Gasteiger partial charge is 0.141 e. The van der Waals surface area contributed by atoms with Gasteiger partial charge in [0.2, 0.25) is 0 Å². The fourth-order valence-corrected chi connectivity index (χ4v) is 11.4. The van der Waals surface area contributed by atoms with E-state index in [9.17, 15) is 0 Å². The van der Waals surface area contributed by atoms with Crippen molar-refractivity contribution in [3.8, 4) is 67.0 Å². The topological polar surface area (TPSA) is 9.86 Å².